The highest BCUT2D eigenvalue weighted by atomic mass is 16.5. The van der Waals surface area contributed by atoms with Gasteiger partial charge < -0.3 is 15.0 Å². The van der Waals surface area contributed by atoms with E-state index in [0.717, 1.165) is 29.7 Å². The van der Waals surface area contributed by atoms with E-state index in [2.05, 4.69) is 51.7 Å². The molecule has 0 radical (unpaired) electrons. The lowest BCUT2D eigenvalue weighted by atomic mass is 9.92. The maximum Gasteiger partial charge on any atom is 0.119 e. The number of para-hydroxylation sites is 1. The van der Waals surface area contributed by atoms with Crippen LogP contribution in [-0.2, 0) is 6.42 Å². The number of aromatic amines is 1. The zero-order valence-corrected chi connectivity index (χ0v) is 14.0. The zero-order chi connectivity index (χ0) is 16.8. The second kappa shape index (κ2) is 5.60. The van der Waals surface area contributed by atoms with Gasteiger partial charge in [0.1, 0.15) is 5.75 Å². The number of nitrogens with one attached hydrogen (secondary N) is 2. The van der Waals surface area contributed by atoms with Gasteiger partial charge in [-0.2, -0.15) is 0 Å². The van der Waals surface area contributed by atoms with Crippen molar-refractivity contribution >= 4 is 21.8 Å². The number of pyridine rings is 1. The summed E-state index contributed by atoms with van der Waals surface area (Å²) in [5.74, 6) is 0.902. The van der Waals surface area contributed by atoms with E-state index in [-0.39, 0.29) is 6.04 Å². The highest BCUT2D eigenvalue weighted by molar-refractivity contribution is 5.88. The largest absolute Gasteiger partial charge is 0.497 e. The van der Waals surface area contributed by atoms with E-state index >= 15 is 0 Å². The van der Waals surface area contributed by atoms with Crippen molar-refractivity contribution < 1.29 is 4.74 Å². The number of benzene rings is 2. The maximum atomic E-state index is 5.41. The van der Waals surface area contributed by atoms with Crippen LogP contribution in [0, 0.1) is 0 Å². The molecule has 1 unspecified atom stereocenters. The third-order valence-corrected chi connectivity index (χ3v) is 5.15. The van der Waals surface area contributed by atoms with Gasteiger partial charge in [-0.05, 0) is 47.9 Å². The first-order valence-electron chi connectivity index (χ1n) is 8.60. The quantitative estimate of drug-likeness (QED) is 0.585. The smallest absolute Gasteiger partial charge is 0.119 e. The lowest BCUT2D eigenvalue weighted by molar-refractivity contribution is 0.415. The van der Waals surface area contributed by atoms with Crippen molar-refractivity contribution in [3.8, 4) is 5.75 Å². The molecule has 0 spiro atoms. The van der Waals surface area contributed by atoms with Crippen molar-refractivity contribution in [2.45, 2.75) is 12.5 Å². The van der Waals surface area contributed by atoms with Crippen molar-refractivity contribution in [2.24, 2.45) is 0 Å². The van der Waals surface area contributed by atoms with E-state index in [1.807, 2.05) is 18.3 Å². The first-order chi connectivity index (χ1) is 12.3. The Morgan fingerprint density at radius 3 is 2.92 bits per heavy atom. The van der Waals surface area contributed by atoms with Crippen LogP contribution in [0.25, 0.3) is 21.8 Å². The van der Waals surface area contributed by atoms with Gasteiger partial charge in [-0.15, -0.1) is 0 Å². The number of rotatable bonds is 2. The molecule has 0 bridgehead atoms. The highest BCUT2D eigenvalue weighted by Crippen LogP contribution is 2.36. The van der Waals surface area contributed by atoms with Crippen LogP contribution in [0.15, 0.2) is 54.7 Å². The Kier molecular flexibility index (Phi) is 3.25. The predicted octanol–water partition coefficient (Wildman–Crippen LogP) is 3.96. The third-order valence-electron chi connectivity index (χ3n) is 5.15. The van der Waals surface area contributed by atoms with Gasteiger partial charge in [0.15, 0.2) is 0 Å². The normalized spacial score (nSPS) is 16.9. The molecule has 0 saturated heterocycles. The lowest BCUT2D eigenvalue weighted by Gasteiger charge is -2.25. The molecule has 0 fully saturated rings. The Morgan fingerprint density at radius 2 is 2.00 bits per heavy atom. The van der Waals surface area contributed by atoms with Crippen LogP contribution in [0.4, 0.5) is 0 Å². The number of H-pyrrole nitrogens is 1. The number of hydrogen-bond donors (Lipinski definition) is 2. The van der Waals surface area contributed by atoms with Crippen LogP contribution >= 0.6 is 0 Å². The van der Waals surface area contributed by atoms with Crippen LogP contribution in [0.2, 0.25) is 0 Å². The van der Waals surface area contributed by atoms with Crippen molar-refractivity contribution in [1.82, 2.24) is 15.3 Å². The van der Waals surface area contributed by atoms with Crippen LogP contribution in [0.5, 0.6) is 5.75 Å². The molecule has 124 valence electrons. The molecule has 4 heteroatoms. The number of hydrogen-bond acceptors (Lipinski definition) is 3. The average molecular weight is 329 g/mol. The average Bonchev–Trinajstić information content (AvgIpc) is 3.05. The fourth-order valence-electron chi connectivity index (χ4n) is 3.97. The molecule has 25 heavy (non-hydrogen) atoms. The molecule has 1 aliphatic heterocycles. The molecular formula is C21H19N3O. The van der Waals surface area contributed by atoms with Gasteiger partial charge in [0.05, 0.1) is 18.7 Å². The highest BCUT2D eigenvalue weighted by Gasteiger charge is 2.26. The van der Waals surface area contributed by atoms with Crippen LogP contribution in [-0.4, -0.2) is 23.6 Å². The third kappa shape index (κ3) is 2.22. The zero-order valence-electron chi connectivity index (χ0n) is 14.0. The maximum absolute atomic E-state index is 5.41. The summed E-state index contributed by atoms with van der Waals surface area (Å²) in [6.45, 7) is 0.957. The van der Waals surface area contributed by atoms with Crippen molar-refractivity contribution in [3.63, 3.8) is 0 Å². The van der Waals surface area contributed by atoms with Gasteiger partial charge in [0.25, 0.3) is 0 Å². The Bertz CT molecular complexity index is 1080. The van der Waals surface area contributed by atoms with Gasteiger partial charge in [-0.1, -0.05) is 18.2 Å². The second-order valence-corrected chi connectivity index (χ2v) is 6.48. The second-order valence-electron chi connectivity index (χ2n) is 6.48. The van der Waals surface area contributed by atoms with E-state index in [4.69, 9.17) is 4.74 Å². The summed E-state index contributed by atoms with van der Waals surface area (Å²) in [5, 5.41) is 6.15. The van der Waals surface area contributed by atoms with Crippen LogP contribution in [0.3, 0.4) is 0 Å². The summed E-state index contributed by atoms with van der Waals surface area (Å²) in [6.07, 6.45) is 2.92. The molecule has 3 heterocycles. The lowest BCUT2D eigenvalue weighted by Crippen LogP contribution is -2.30. The predicted molar refractivity (Wildman–Crippen MR) is 100 cm³/mol. The van der Waals surface area contributed by atoms with E-state index in [0.29, 0.717) is 0 Å². The number of nitrogens with zero attached hydrogens (tertiary/aromatic N) is 1. The molecule has 2 aromatic carbocycles. The molecule has 0 amide bonds. The standard InChI is InChI=1S/C21H19N3O/c1-25-13-6-7-19-17(12-13)16-9-11-23-20(21(16)24-19)15-8-10-22-18-5-3-2-4-14(15)18/h2-8,10,12,20,23-24H,9,11H2,1H3. The summed E-state index contributed by atoms with van der Waals surface area (Å²) in [5.41, 5.74) is 6.11. The fourth-order valence-corrected chi connectivity index (χ4v) is 3.97. The Morgan fingerprint density at radius 1 is 1.08 bits per heavy atom. The molecule has 0 saturated carbocycles. The molecule has 1 atom stereocenters. The minimum atomic E-state index is 0.148. The molecule has 2 aromatic heterocycles. The Balaban J connectivity index is 1.73. The molecule has 2 N–H and O–H groups in total. The Hall–Kier alpha value is -2.85. The van der Waals surface area contributed by atoms with E-state index in [1.54, 1.807) is 7.11 Å². The van der Waals surface area contributed by atoms with Gasteiger partial charge in [-0.25, -0.2) is 0 Å². The number of ether oxygens (including phenoxy) is 1. The molecule has 0 aliphatic carbocycles. The van der Waals surface area contributed by atoms with E-state index in [9.17, 15) is 0 Å². The van der Waals surface area contributed by atoms with Gasteiger partial charge in [0.2, 0.25) is 0 Å². The topological polar surface area (TPSA) is 49.9 Å². The SMILES string of the molecule is COc1ccc2[nH]c3c(c2c1)CCNC3c1ccnc2ccccc12. The summed E-state index contributed by atoms with van der Waals surface area (Å²) in [4.78, 5) is 8.15. The first-order valence-corrected chi connectivity index (χ1v) is 8.60. The summed E-state index contributed by atoms with van der Waals surface area (Å²) in [7, 11) is 1.72. The molecule has 1 aliphatic rings. The Labute approximate surface area is 145 Å². The van der Waals surface area contributed by atoms with Crippen LogP contribution in [0.1, 0.15) is 22.9 Å². The monoisotopic (exact) mass is 329 g/mol. The van der Waals surface area contributed by atoms with E-state index < -0.39 is 0 Å². The van der Waals surface area contributed by atoms with Crippen LogP contribution < -0.4 is 10.1 Å². The van der Waals surface area contributed by atoms with Crippen molar-refractivity contribution in [3.05, 3.63) is 71.5 Å². The van der Waals surface area contributed by atoms with Gasteiger partial charge >= 0.3 is 0 Å². The van der Waals surface area contributed by atoms with Crippen molar-refractivity contribution in [1.29, 1.82) is 0 Å². The first kappa shape index (κ1) is 14.5. The van der Waals surface area contributed by atoms with Gasteiger partial charge in [-0.3, -0.25) is 4.98 Å². The minimum Gasteiger partial charge on any atom is -0.497 e. The number of aromatic nitrogens is 2. The molecule has 5 rings (SSSR count). The molecule has 4 nitrogen and oxygen atoms in total. The van der Waals surface area contributed by atoms with E-state index in [1.165, 1.54) is 27.6 Å². The summed E-state index contributed by atoms with van der Waals surface area (Å²) in [6, 6.07) is 16.9. The molecular weight excluding hydrogens is 310 g/mol. The van der Waals surface area contributed by atoms with Crippen molar-refractivity contribution in [2.75, 3.05) is 13.7 Å². The molecule has 4 aromatic rings. The fraction of sp³-hybridized carbons (Fsp3) is 0.190. The van der Waals surface area contributed by atoms with Gasteiger partial charge in [0, 0.05) is 34.7 Å². The minimum absolute atomic E-state index is 0.148. The summed E-state index contributed by atoms with van der Waals surface area (Å²) >= 11 is 0. The summed E-state index contributed by atoms with van der Waals surface area (Å²) < 4.78 is 5.41. The number of methoxy groups -OCH3 is 1. The number of fused-ring (bicyclic) bond motifs is 4.